The van der Waals surface area contributed by atoms with Gasteiger partial charge in [-0.15, -0.1) is 0 Å². The van der Waals surface area contributed by atoms with E-state index < -0.39 is 0 Å². The lowest BCUT2D eigenvalue weighted by molar-refractivity contribution is 0.0514. The molecule has 116 valence electrons. The number of hydrogen-bond donors (Lipinski definition) is 1. The minimum Gasteiger partial charge on any atom is -0.492 e. The topological polar surface area (TPSA) is 47.6 Å². The van der Waals surface area contributed by atoms with Crippen molar-refractivity contribution < 1.29 is 14.3 Å². The van der Waals surface area contributed by atoms with Gasteiger partial charge in [0.15, 0.2) is 0 Å². The largest absolute Gasteiger partial charge is 0.492 e. The third-order valence-electron chi connectivity index (χ3n) is 3.59. The molecule has 1 aliphatic rings. The van der Waals surface area contributed by atoms with Crippen LogP contribution in [-0.2, 0) is 4.74 Å². The Kier molecular flexibility index (Phi) is 6.33. The molecule has 0 spiro atoms. The number of ether oxygens (including phenoxy) is 2. The Balaban J connectivity index is 1.81. The van der Waals surface area contributed by atoms with Gasteiger partial charge in [0.2, 0.25) is 0 Å². The highest BCUT2D eigenvalue weighted by molar-refractivity contribution is 6.32. The number of amides is 1. The van der Waals surface area contributed by atoms with Crippen LogP contribution >= 0.6 is 11.6 Å². The van der Waals surface area contributed by atoms with Crippen LogP contribution < -0.4 is 10.1 Å². The molecule has 0 radical (unpaired) electrons. The van der Waals surface area contributed by atoms with E-state index in [0.29, 0.717) is 35.4 Å². The first-order valence-electron chi connectivity index (χ1n) is 7.49. The zero-order valence-electron chi connectivity index (χ0n) is 12.4. The normalized spacial score (nSPS) is 18.3. The van der Waals surface area contributed by atoms with Crippen molar-refractivity contribution in [3.8, 4) is 5.75 Å². The van der Waals surface area contributed by atoms with Crippen LogP contribution in [0.1, 0.15) is 36.5 Å². The van der Waals surface area contributed by atoms with E-state index in [0.717, 1.165) is 26.1 Å². The van der Waals surface area contributed by atoms with Gasteiger partial charge >= 0.3 is 0 Å². The molecule has 21 heavy (non-hydrogen) atoms. The molecule has 0 saturated carbocycles. The molecule has 1 atom stereocenters. The van der Waals surface area contributed by atoms with Gasteiger partial charge in [-0.1, -0.05) is 11.6 Å². The van der Waals surface area contributed by atoms with Crippen molar-refractivity contribution in [1.29, 1.82) is 0 Å². The maximum atomic E-state index is 12.1. The molecule has 1 fully saturated rings. The van der Waals surface area contributed by atoms with Gasteiger partial charge in [-0.2, -0.15) is 0 Å². The SMILES string of the molecule is CCOc1ccc(C(=O)NCC[C@H]2CCCOC2)cc1Cl. The first-order valence-corrected chi connectivity index (χ1v) is 7.86. The Hall–Kier alpha value is -1.26. The van der Waals surface area contributed by atoms with Gasteiger partial charge < -0.3 is 14.8 Å². The summed E-state index contributed by atoms with van der Waals surface area (Å²) in [6.07, 6.45) is 3.26. The van der Waals surface area contributed by atoms with E-state index in [1.165, 1.54) is 6.42 Å². The standard InChI is InChI=1S/C16H22ClNO3/c1-2-21-15-6-5-13(10-14(15)17)16(19)18-8-7-12-4-3-9-20-11-12/h5-6,10,12H,2-4,7-9,11H2,1H3,(H,18,19)/t12-/m1/s1. The highest BCUT2D eigenvalue weighted by Crippen LogP contribution is 2.25. The average molecular weight is 312 g/mol. The molecule has 1 heterocycles. The lowest BCUT2D eigenvalue weighted by atomic mass is 9.99. The second kappa shape index (κ2) is 8.25. The van der Waals surface area contributed by atoms with Crippen molar-refractivity contribution in [3.63, 3.8) is 0 Å². The lowest BCUT2D eigenvalue weighted by Gasteiger charge is -2.21. The zero-order valence-corrected chi connectivity index (χ0v) is 13.1. The van der Waals surface area contributed by atoms with Crippen LogP contribution in [0.15, 0.2) is 18.2 Å². The molecule has 1 aliphatic heterocycles. The molecule has 1 aromatic rings. The maximum Gasteiger partial charge on any atom is 0.251 e. The Morgan fingerprint density at radius 2 is 2.38 bits per heavy atom. The molecule has 5 heteroatoms. The predicted molar refractivity (Wildman–Crippen MR) is 83.1 cm³/mol. The van der Waals surface area contributed by atoms with E-state index in [1.807, 2.05) is 6.92 Å². The smallest absolute Gasteiger partial charge is 0.251 e. The van der Waals surface area contributed by atoms with Gasteiger partial charge in [0, 0.05) is 25.3 Å². The van der Waals surface area contributed by atoms with Crippen LogP contribution in [0.2, 0.25) is 5.02 Å². The second-order valence-corrected chi connectivity index (χ2v) is 5.61. The first-order chi connectivity index (χ1) is 10.2. The zero-order chi connectivity index (χ0) is 15.1. The van der Waals surface area contributed by atoms with Crippen molar-refractivity contribution in [3.05, 3.63) is 28.8 Å². The molecular weight excluding hydrogens is 290 g/mol. The lowest BCUT2D eigenvalue weighted by Crippen LogP contribution is -2.28. The van der Waals surface area contributed by atoms with Crippen LogP contribution in [0, 0.1) is 5.92 Å². The summed E-state index contributed by atoms with van der Waals surface area (Å²) < 4.78 is 10.8. The van der Waals surface area contributed by atoms with E-state index in [-0.39, 0.29) is 5.91 Å². The fourth-order valence-corrected chi connectivity index (χ4v) is 2.68. The summed E-state index contributed by atoms with van der Waals surface area (Å²) in [5.74, 6) is 1.06. The van der Waals surface area contributed by atoms with Gasteiger partial charge in [0.05, 0.1) is 11.6 Å². The summed E-state index contributed by atoms with van der Waals surface area (Å²) in [7, 11) is 0. The molecule has 0 unspecified atom stereocenters. The molecule has 1 saturated heterocycles. The van der Waals surface area contributed by atoms with Crippen molar-refractivity contribution in [2.45, 2.75) is 26.2 Å². The quantitative estimate of drug-likeness (QED) is 0.877. The Bertz CT molecular complexity index is 473. The number of carbonyl (C=O) groups is 1. The number of rotatable bonds is 6. The Morgan fingerprint density at radius 1 is 1.52 bits per heavy atom. The summed E-state index contributed by atoms with van der Waals surface area (Å²) in [5, 5.41) is 3.39. The predicted octanol–water partition coefficient (Wildman–Crippen LogP) is 3.29. The van der Waals surface area contributed by atoms with Crippen LogP contribution in [0.5, 0.6) is 5.75 Å². The molecule has 0 aliphatic carbocycles. The average Bonchev–Trinajstić information content (AvgIpc) is 2.50. The number of benzene rings is 1. The molecule has 1 aromatic carbocycles. The van der Waals surface area contributed by atoms with Crippen LogP contribution in [0.3, 0.4) is 0 Å². The van der Waals surface area contributed by atoms with Gasteiger partial charge in [-0.25, -0.2) is 0 Å². The first kappa shape index (κ1) is 16.1. The summed E-state index contributed by atoms with van der Waals surface area (Å²) in [6, 6.07) is 5.11. The Morgan fingerprint density at radius 3 is 3.05 bits per heavy atom. The van der Waals surface area contributed by atoms with Crippen molar-refractivity contribution in [2.75, 3.05) is 26.4 Å². The van der Waals surface area contributed by atoms with Crippen molar-refractivity contribution in [1.82, 2.24) is 5.32 Å². The van der Waals surface area contributed by atoms with E-state index >= 15 is 0 Å². The third-order valence-corrected chi connectivity index (χ3v) is 3.88. The third kappa shape index (κ3) is 4.90. The van der Waals surface area contributed by atoms with Gasteiger partial charge in [-0.05, 0) is 50.3 Å². The van der Waals surface area contributed by atoms with Crippen LogP contribution in [0.4, 0.5) is 0 Å². The fraction of sp³-hybridized carbons (Fsp3) is 0.562. The second-order valence-electron chi connectivity index (χ2n) is 5.21. The van der Waals surface area contributed by atoms with Gasteiger partial charge in [0.25, 0.3) is 5.91 Å². The van der Waals surface area contributed by atoms with Crippen molar-refractivity contribution >= 4 is 17.5 Å². The number of carbonyl (C=O) groups excluding carboxylic acids is 1. The van der Waals surface area contributed by atoms with Crippen LogP contribution in [0.25, 0.3) is 0 Å². The Labute approximate surface area is 130 Å². The van der Waals surface area contributed by atoms with E-state index in [4.69, 9.17) is 21.1 Å². The summed E-state index contributed by atoms with van der Waals surface area (Å²) in [5.41, 5.74) is 0.559. The van der Waals surface area contributed by atoms with E-state index in [9.17, 15) is 4.79 Å². The molecular formula is C16H22ClNO3. The van der Waals surface area contributed by atoms with E-state index in [2.05, 4.69) is 5.32 Å². The monoisotopic (exact) mass is 311 g/mol. The van der Waals surface area contributed by atoms with Gasteiger partial charge in [0.1, 0.15) is 5.75 Å². The number of hydrogen-bond acceptors (Lipinski definition) is 3. The maximum absolute atomic E-state index is 12.1. The van der Waals surface area contributed by atoms with Crippen LogP contribution in [-0.4, -0.2) is 32.3 Å². The molecule has 1 N–H and O–H groups in total. The molecule has 4 nitrogen and oxygen atoms in total. The molecule has 1 amide bonds. The molecule has 0 bridgehead atoms. The van der Waals surface area contributed by atoms with Gasteiger partial charge in [-0.3, -0.25) is 4.79 Å². The minimum atomic E-state index is -0.100. The summed E-state index contributed by atoms with van der Waals surface area (Å²) in [4.78, 5) is 12.1. The minimum absolute atomic E-state index is 0.100. The summed E-state index contributed by atoms with van der Waals surface area (Å²) >= 11 is 6.09. The highest BCUT2D eigenvalue weighted by atomic mass is 35.5. The number of nitrogens with one attached hydrogen (secondary N) is 1. The highest BCUT2D eigenvalue weighted by Gasteiger charge is 2.14. The number of halogens is 1. The fourth-order valence-electron chi connectivity index (χ4n) is 2.44. The molecule has 0 aromatic heterocycles. The summed E-state index contributed by atoms with van der Waals surface area (Å²) in [6.45, 7) is 4.79. The van der Waals surface area contributed by atoms with Crippen molar-refractivity contribution in [2.24, 2.45) is 5.92 Å². The molecule has 2 rings (SSSR count). The van der Waals surface area contributed by atoms with E-state index in [1.54, 1.807) is 18.2 Å².